The molecule has 3 aromatic carbocycles. The van der Waals surface area contributed by atoms with Gasteiger partial charge in [0.1, 0.15) is 0 Å². The lowest BCUT2D eigenvalue weighted by molar-refractivity contribution is -0.121. The minimum Gasteiger partial charge on any atom is -0.452 e. The van der Waals surface area contributed by atoms with E-state index in [2.05, 4.69) is 11.8 Å². The molecule has 4 aromatic rings. The number of aromatic nitrogens is 1. The van der Waals surface area contributed by atoms with Gasteiger partial charge in [0.05, 0.1) is 22.5 Å². The molecule has 2 aliphatic rings. The van der Waals surface area contributed by atoms with Crippen LogP contribution in [0.25, 0.3) is 10.9 Å². The first-order valence-electron chi connectivity index (χ1n) is 12.6. The highest BCUT2D eigenvalue weighted by Gasteiger charge is 2.30. The maximum absolute atomic E-state index is 13.6. The first kappa shape index (κ1) is 23.7. The molecule has 6 nitrogen and oxygen atoms in total. The molecule has 0 spiro atoms. The number of para-hydroxylation sites is 3. The summed E-state index contributed by atoms with van der Waals surface area (Å²) in [4.78, 5) is 38.1. The molecule has 3 heterocycles. The van der Waals surface area contributed by atoms with Gasteiger partial charge in [-0.2, -0.15) is 0 Å². The predicted octanol–water partition coefficient (Wildman–Crippen LogP) is 5.99. The minimum absolute atomic E-state index is 0.284. The summed E-state index contributed by atoms with van der Waals surface area (Å²) < 4.78 is 5.76. The van der Waals surface area contributed by atoms with Gasteiger partial charge < -0.3 is 4.74 Å². The molecule has 0 saturated carbocycles. The van der Waals surface area contributed by atoms with Crippen LogP contribution in [0.5, 0.6) is 0 Å². The number of rotatable bonds is 5. The lowest BCUT2D eigenvalue weighted by Gasteiger charge is -2.31. The van der Waals surface area contributed by atoms with Crippen LogP contribution in [0, 0.1) is 0 Å². The summed E-state index contributed by atoms with van der Waals surface area (Å²) >= 11 is 1.63. The van der Waals surface area contributed by atoms with Crippen LogP contribution in [0.1, 0.15) is 35.0 Å². The third-order valence-electron chi connectivity index (χ3n) is 6.88. The number of esters is 1. The fourth-order valence-electron chi connectivity index (χ4n) is 5.22. The molecule has 1 amide bonds. The lowest BCUT2D eigenvalue weighted by atomic mass is 9.95. The summed E-state index contributed by atoms with van der Waals surface area (Å²) in [6, 6.07) is 23.3. The van der Waals surface area contributed by atoms with Crippen molar-refractivity contribution in [2.45, 2.75) is 36.1 Å². The highest BCUT2D eigenvalue weighted by atomic mass is 32.2. The fraction of sp³-hybridized carbons (Fsp3) is 0.233. The van der Waals surface area contributed by atoms with Gasteiger partial charge >= 0.3 is 5.97 Å². The van der Waals surface area contributed by atoms with Crippen LogP contribution in [0.2, 0.25) is 0 Å². The summed E-state index contributed by atoms with van der Waals surface area (Å²) in [5, 5.41) is 0.766. The van der Waals surface area contributed by atoms with Gasteiger partial charge in [0, 0.05) is 45.9 Å². The highest BCUT2D eigenvalue weighted by molar-refractivity contribution is 7.99. The molecule has 0 saturated heterocycles. The summed E-state index contributed by atoms with van der Waals surface area (Å²) in [7, 11) is 0. The SMILES string of the molecule is CCCN1CCc2nc3ccccc3c(C(=O)OCC(=O)N3c4ccccc4Sc4ccccc43)c2C1. The lowest BCUT2D eigenvalue weighted by Crippen LogP contribution is -2.34. The molecule has 0 bridgehead atoms. The number of nitrogens with zero attached hydrogens (tertiary/aromatic N) is 3. The molecule has 0 atom stereocenters. The molecule has 0 radical (unpaired) electrons. The Hall–Kier alpha value is -3.68. The van der Waals surface area contributed by atoms with Gasteiger partial charge in [0.25, 0.3) is 5.91 Å². The van der Waals surface area contributed by atoms with Crippen molar-refractivity contribution in [1.29, 1.82) is 0 Å². The molecule has 0 fully saturated rings. The van der Waals surface area contributed by atoms with E-state index in [9.17, 15) is 9.59 Å². The average molecular weight is 510 g/mol. The van der Waals surface area contributed by atoms with Gasteiger partial charge in [0.2, 0.25) is 0 Å². The van der Waals surface area contributed by atoms with Crippen LogP contribution in [0.3, 0.4) is 0 Å². The van der Waals surface area contributed by atoms with E-state index in [-0.39, 0.29) is 12.5 Å². The Morgan fingerprint density at radius 3 is 2.35 bits per heavy atom. The molecule has 37 heavy (non-hydrogen) atoms. The van der Waals surface area contributed by atoms with Crippen LogP contribution in [-0.2, 0) is 22.5 Å². The molecule has 0 aliphatic carbocycles. The second-order valence-corrected chi connectivity index (χ2v) is 10.4. The van der Waals surface area contributed by atoms with Crippen LogP contribution < -0.4 is 4.90 Å². The van der Waals surface area contributed by atoms with Gasteiger partial charge in [-0.3, -0.25) is 19.6 Å². The van der Waals surface area contributed by atoms with Crippen molar-refractivity contribution in [3.63, 3.8) is 0 Å². The van der Waals surface area contributed by atoms with Crippen LogP contribution in [0.15, 0.2) is 82.6 Å². The Morgan fingerprint density at radius 1 is 0.946 bits per heavy atom. The molecular weight excluding hydrogens is 482 g/mol. The number of hydrogen-bond acceptors (Lipinski definition) is 6. The fourth-order valence-corrected chi connectivity index (χ4v) is 6.28. The molecule has 186 valence electrons. The minimum atomic E-state index is -0.477. The zero-order valence-electron chi connectivity index (χ0n) is 20.6. The molecule has 0 unspecified atom stereocenters. The van der Waals surface area contributed by atoms with E-state index in [4.69, 9.17) is 9.72 Å². The van der Waals surface area contributed by atoms with E-state index in [1.165, 1.54) is 0 Å². The summed E-state index contributed by atoms with van der Waals surface area (Å²) in [5.41, 5.74) is 4.77. The number of amides is 1. The van der Waals surface area contributed by atoms with Gasteiger partial charge in [-0.25, -0.2) is 4.79 Å². The number of ether oxygens (including phenoxy) is 1. The number of benzene rings is 3. The van der Waals surface area contributed by atoms with Gasteiger partial charge in [-0.05, 0) is 43.3 Å². The summed E-state index contributed by atoms with van der Waals surface area (Å²) in [6.45, 7) is 4.35. The van der Waals surface area contributed by atoms with Crippen molar-refractivity contribution < 1.29 is 14.3 Å². The first-order valence-corrected chi connectivity index (χ1v) is 13.4. The van der Waals surface area contributed by atoms with Crippen molar-refractivity contribution in [2.75, 3.05) is 24.6 Å². The standard InChI is InChI=1S/C30H27N3O3S/c1-2-16-32-17-15-23-21(18-32)29(20-9-3-4-10-22(20)31-23)30(35)36-19-28(34)33-24-11-5-7-13-26(24)37-27-14-8-6-12-25(27)33/h3-14H,2,15-19H2,1H3. The molecule has 1 aromatic heterocycles. The highest BCUT2D eigenvalue weighted by Crippen LogP contribution is 2.47. The zero-order chi connectivity index (χ0) is 25.4. The maximum atomic E-state index is 13.6. The number of carbonyl (C=O) groups excluding carboxylic acids is 2. The molecular formula is C30H27N3O3S. The van der Waals surface area contributed by atoms with Crippen LogP contribution >= 0.6 is 11.8 Å². The van der Waals surface area contributed by atoms with E-state index >= 15 is 0 Å². The Labute approximate surface area is 220 Å². The average Bonchev–Trinajstić information content (AvgIpc) is 2.93. The second-order valence-electron chi connectivity index (χ2n) is 9.30. The monoisotopic (exact) mass is 509 g/mol. The van der Waals surface area contributed by atoms with Crippen molar-refractivity contribution in [3.05, 3.63) is 89.6 Å². The van der Waals surface area contributed by atoms with Crippen molar-refractivity contribution >= 4 is 45.9 Å². The molecule has 7 heteroatoms. The van der Waals surface area contributed by atoms with Gasteiger partial charge in [0.15, 0.2) is 6.61 Å². The number of fused-ring (bicyclic) bond motifs is 4. The van der Waals surface area contributed by atoms with Crippen molar-refractivity contribution in [3.8, 4) is 0 Å². The van der Waals surface area contributed by atoms with Crippen LogP contribution in [-0.4, -0.2) is 41.5 Å². The Bertz CT molecular complexity index is 1470. The Kier molecular flexibility index (Phi) is 6.40. The van der Waals surface area contributed by atoms with Gasteiger partial charge in [-0.1, -0.05) is 61.2 Å². The summed E-state index contributed by atoms with van der Waals surface area (Å²) in [6.07, 6.45) is 1.83. The van der Waals surface area contributed by atoms with Gasteiger partial charge in [-0.15, -0.1) is 0 Å². The van der Waals surface area contributed by atoms with E-state index in [1.807, 2.05) is 72.8 Å². The maximum Gasteiger partial charge on any atom is 0.339 e. The largest absolute Gasteiger partial charge is 0.452 e. The smallest absolute Gasteiger partial charge is 0.339 e. The second kappa shape index (κ2) is 10.00. The Balaban J connectivity index is 1.31. The molecule has 0 N–H and O–H groups in total. The van der Waals surface area contributed by atoms with Crippen molar-refractivity contribution in [2.24, 2.45) is 0 Å². The van der Waals surface area contributed by atoms with E-state index < -0.39 is 5.97 Å². The van der Waals surface area contributed by atoms with E-state index in [1.54, 1.807) is 16.7 Å². The zero-order valence-corrected chi connectivity index (χ0v) is 21.5. The molecule has 2 aliphatic heterocycles. The summed E-state index contributed by atoms with van der Waals surface area (Å²) in [5.74, 6) is -0.761. The first-order chi connectivity index (χ1) is 18.1. The number of carbonyl (C=O) groups is 2. The predicted molar refractivity (Wildman–Crippen MR) is 145 cm³/mol. The van der Waals surface area contributed by atoms with E-state index in [0.29, 0.717) is 12.1 Å². The third-order valence-corrected chi connectivity index (χ3v) is 8.01. The number of pyridine rings is 1. The van der Waals surface area contributed by atoms with Crippen LogP contribution in [0.4, 0.5) is 11.4 Å². The number of hydrogen-bond donors (Lipinski definition) is 0. The van der Waals surface area contributed by atoms with Crippen molar-refractivity contribution in [1.82, 2.24) is 9.88 Å². The number of anilines is 2. The molecule has 6 rings (SSSR count). The quantitative estimate of drug-likeness (QED) is 0.308. The van der Waals surface area contributed by atoms with E-state index in [0.717, 1.165) is 69.3 Å². The third kappa shape index (κ3) is 4.38. The Morgan fingerprint density at radius 2 is 1.62 bits per heavy atom. The topological polar surface area (TPSA) is 62.7 Å². The normalized spacial score (nSPS) is 14.6.